The number of aliphatic hydroxyl groups is 1. The minimum absolute atomic E-state index is 0.255. The second-order valence-electron chi connectivity index (χ2n) is 5.00. The fourth-order valence-electron chi connectivity index (χ4n) is 2.33. The molecule has 0 radical (unpaired) electrons. The molecule has 2 aromatic rings. The molecule has 0 aliphatic carbocycles. The van der Waals surface area contributed by atoms with E-state index in [0.29, 0.717) is 19.0 Å². The molecule has 0 bridgehead atoms. The highest BCUT2D eigenvalue weighted by Crippen LogP contribution is 2.19. The highest BCUT2D eigenvalue weighted by Gasteiger charge is 2.21. The maximum absolute atomic E-state index is 9.60. The lowest BCUT2D eigenvalue weighted by Crippen LogP contribution is -2.24. The van der Waals surface area contributed by atoms with Crippen molar-refractivity contribution in [3.8, 4) is 0 Å². The minimum Gasteiger partial charge on any atom is -0.391 e. The van der Waals surface area contributed by atoms with Crippen molar-refractivity contribution in [3.63, 3.8) is 0 Å². The van der Waals surface area contributed by atoms with E-state index >= 15 is 0 Å². The second kappa shape index (κ2) is 5.46. The quantitative estimate of drug-likeness (QED) is 0.840. The Hall–Kier alpha value is -2.15. The number of aromatic nitrogens is 4. The summed E-state index contributed by atoms with van der Waals surface area (Å²) >= 11 is 0. The molecule has 0 amide bonds. The van der Waals surface area contributed by atoms with E-state index in [2.05, 4.69) is 24.8 Å². The summed E-state index contributed by atoms with van der Waals surface area (Å²) in [6.45, 7) is 2.09. The Kier molecular flexibility index (Phi) is 3.51. The van der Waals surface area contributed by atoms with Gasteiger partial charge in [-0.2, -0.15) is 4.98 Å². The van der Waals surface area contributed by atoms with E-state index in [9.17, 15) is 5.11 Å². The van der Waals surface area contributed by atoms with E-state index in [1.165, 1.54) is 0 Å². The molecule has 0 aromatic carbocycles. The van der Waals surface area contributed by atoms with Crippen LogP contribution in [0.1, 0.15) is 12.2 Å². The Morgan fingerprint density at radius 1 is 1.45 bits per heavy atom. The van der Waals surface area contributed by atoms with Crippen LogP contribution in [0, 0.1) is 0 Å². The van der Waals surface area contributed by atoms with Gasteiger partial charge < -0.3 is 19.9 Å². The Morgan fingerprint density at radius 3 is 3.05 bits per heavy atom. The van der Waals surface area contributed by atoms with Gasteiger partial charge in [0.2, 0.25) is 5.95 Å². The standard InChI is InChI=1S/C13H18N6O/c1-18(9-11-14-5-6-15-11)13-16-4-2-12(17-13)19-7-3-10(20)8-19/h2,4-6,10,20H,3,7-9H2,1H3,(H,14,15)/t10-/m1/s1. The van der Waals surface area contributed by atoms with Gasteiger partial charge in [0.05, 0.1) is 12.6 Å². The number of hydrogen-bond acceptors (Lipinski definition) is 6. The molecule has 3 rings (SSSR count). The summed E-state index contributed by atoms with van der Waals surface area (Å²) in [5.41, 5.74) is 0. The average molecular weight is 274 g/mol. The first-order chi connectivity index (χ1) is 9.72. The van der Waals surface area contributed by atoms with Gasteiger partial charge in [0.25, 0.3) is 0 Å². The molecule has 1 atom stereocenters. The number of aromatic amines is 1. The third-order valence-electron chi connectivity index (χ3n) is 3.40. The van der Waals surface area contributed by atoms with E-state index in [-0.39, 0.29) is 6.10 Å². The summed E-state index contributed by atoms with van der Waals surface area (Å²) < 4.78 is 0. The number of H-pyrrole nitrogens is 1. The molecule has 1 aliphatic rings. The molecule has 1 saturated heterocycles. The van der Waals surface area contributed by atoms with E-state index in [0.717, 1.165) is 24.6 Å². The van der Waals surface area contributed by atoms with Crippen LogP contribution >= 0.6 is 0 Å². The zero-order valence-corrected chi connectivity index (χ0v) is 11.4. The second-order valence-corrected chi connectivity index (χ2v) is 5.00. The first kappa shape index (κ1) is 12.9. The molecule has 106 valence electrons. The van der Waals surface area contributed by atoms with E-state index in [1.807, 2.05) is 18.0 Å². The molecule has 0 spiro atoms. The Bertz CT molecular complexity index is 558. The molecule has 0 saturated carbocycles. The SMILES string of the molecule is CN(Cc1ncc[nH]1)c1nccc(N2CC[C@@H](O)C2)n1. The predicted molar refractivity (Wildman–Crippen MR) is 75.6 cm³/mol. The number of anilines is 2. The predicted octanol–water partition coefficient (Wildman–Crippen LogP) is 0.407. The van der Waals surface area contributed by atoms with Gasteiger partial charge >= 0.3 is 0 Å². The van der Waals surface area contributed by atoms with Crippen LogP contribution < -0.4 is 9.80 Å². The van der Waals surface area contributed by atoms with Crippen LogP contribution in [-0.4, -0.2) is 51.3 Å². The molecule has 7 nitrogen and oxygen atoms in total. The molecule has 7 heteroatoms. The number of imidazole rings is 1. The lowest BCUT2D eigenvalue weighted by atomic mass is 10.3. The minimum atomic E-state index is -0.255. The number of nitrogens with one attached hydrogen (secondary N) is 1. The van der Waals surface area contributed by atoms with Crippen molar-refractivity contribution in [3.05, 3.63) is 30.5 Å². The monoisotopic (exact) mass is 274 g/mol. The third kappa shape index (κ3) is 2.72. The van der Waals surface area contributed by atoms with Crippen LogP contribution in [0.5, 0.6) is 0 Å². The normalized spacial score (nSPS) is 18.5. The number of rotatable bonds is 4. The molecule has 2 N–H and O–H groups in total. The van der Waals surface area contributed by atoms with E-state index in [1.54, 1.807) is 18.6 Å². The van der Waals surface area contributed by atoms with Crippen LogP contribution in [0.15, 0.2) is 24.7 Å². The summed E-state index contributed by atoms with van der Waals surface area (Å²) in [6, 6.07) is 1.88. The zero-order chi connectivity index (χ0) is 13.9. The van der Waals surface area contributed by atoms with E-state index in [4.69, 9.17) is 0 Å². The first-order valence-electron chi connectivity index (χ1n) is 6.68. The average Bonchev–Trinajstić information content (AvgIpc) is 3.10. The van der Waals surface area contributed by atoms with Crippen molar-refractivity contribution in [2.75, 3.05) is 29.9 Å². The van der Waals surface area contributed by atoms with Gasteiger partial charge in [0, 0.05) is 38.7 Å². The highest BCUT2D eigenvalue weighted by molar-refractivity contribution is 5.44. The van der Waals surface area contributed by atoms with Crippen LogP contribution in [0.2, 0.25) is 0 Å². The van der Waals surface area contributed by atoms with Crippen LogP contribution in [0.3, 0.4) is 0 Å². The maximum atomic E-state index is 9.60. The van der Waals surface area contributed by atoms with Gasteiger partial charge in [-0.05, 0) is 12.5 Å². The molecule has 1 aliphatic heterocycles. The Morgan fingerprint density at radius 2 is 2.35 bits per heavy atom. The summed E-state index contributed by atoms with van der Waals surface area (Å²) in [5, 5.41) is 9.60. The largest absolute Gasteiger partial charge is 0.391 e. The molecule has 1 fully saturated rings. The molecular formula is C13H18N6O. The van der Waals surface area contributed by atoms with Crippen LogP contribution in [0.25, 0.3) is 0 Å². The lowest BCUT2D eigenvalue weighted by molar-refractivity contribution is 0.198. The van der Waals surface area contributed by atoms with Crippen molar-refractivity contribution in [1.29, 1.82) is 0 Å². The van der Waals surface area contributed by atoms with Crippen LogP contribution in [0.4, 0.5) is 11.8 Å². The number of hydrogen-bond donors (Lipinski definition) is 2. The third-order valence-corrected chi connectivity index (χ3v) is 3.40. The maximum Gasteiger partial charge on any atom is 0.227 e. The fraction of sp³-hybridized carbons (Fsp3) is 0.462. The molecule has 20 heavy (non-hydrogen) atoms. The lowest BCUT2D eigenvalue weighted by Gasteiger charge is -2.20. The van der Waals surface area contributed by atoms with Gasteiger partial charge in [0.1, 0.15) is 11.6 Å². The number of aliphatic hydroxyl groups excluding tert-OH is 1. The smallest absolute Gasteiger partial charge is 0.227 e. The first-order valence-corrected chi connectivity index (χ1v) is 6.68. The zero-order valence-electron chi connectivity index (χ0n) is 11.4. The van der Waals surface area contributed by atoms with Crippen molar-refractivity contribution in [2.24, 2.45) is 0 Å². The van der Waals surface area contributed by atoms with Gasteiger partial charge in [-0.25, -0.2) is 9.97 Å². The Balaban J connectivity index is 1.73. The van der Waals surface area contributed by atoms with Gasteiger partial charge in [0.15, 0.2) is 0 Å². The molecule has 2 aromatic heterocycles. The highest BCUT2D eigenvalue weighted by atomic mass is 16.3. The van der Waals surface area contributed by atoms with Crippen molar-refractivity contribution < 1.29 is 5.11 Å². The van der Waals surface area contributed by atoms with Gasteiger partial charge in [-0.3, -0.25) is 0 Å². The van der Waals surface area contributed by atoms with E-state index < -0.39 is 0 Å². The number of β-amino-alcohol motifs (C(OH)–C–C–N with tert-alkyl or cyclic N) is 1. The summed E-state index contributed by atoms with van der Waals surface area (Å²) in [5.74, 6) is 2.39. The van der Waals surface area contributed by atoms with Crippen LogP contribution in [-0.2, 0) is 6.54 Å². The summed E-state index contributed by atoms with van der Waals surface area (Å²) in [7, 11) is 1.93. The summed E-state index contributed by atoms with van der Waals surface area (Å²) in [4.78, 5) is 20.1. The topological polar surface area (TPSA) is 81.2 Å². The molecule has 0 unspecified atom stereocenters. The van der Waals surface area contributed by atoms with Crippen molar-refractivity contribution in [2.45, 2.75) is 19.1 Å². The fourth-order valence-corrected chi connectivity index (χ4v) is 2.33. The summed E-state index contributed by atoms with van der Waals surface area (Å²) in [6.07, 6.45) is 5.81. The molecular weight excluding hydrogens is 256 g/mol. The van der Waals surface area contributed by atoms with Crippen molar-refractivity contribution in [1.82, 2.24) is 19.9 Å². The molecule has 3 heterocycles. The van der Waals surface area contributed by atoms with Gasteiger partial charge in [-0.15, -0.1) is 0 Å². The van der Waals surface area contributed by atoms with Crippen molar-refractivity contribution >= 4 is 11.8 Å². The Labute approximate surface area is 117 Å². The number of nitrogens with zero attached hydrogens (tertiary/aromatic N) is 5. The van der Waals surface area contributed by atoms with Gasteiger partial charge in [-0.1, -0.05) is 0 Å².